The number of aromatic nitrogens is 1. The van der Waals surface area contributed by atoms with Crippen LogP contribution in [0.5, 0.6) is 0 Å². The van der Waals surface area contributed by atoms with Crippen LogP contribution >= 0.6 is 0 Å². The summed E-state index contributed by atoms with van der Waals surface area (Å²) in [4.78, 5) is 25.5. The van der Waals surface area contributed by atoms with Crippen molar-refractivity contribution in [3.05, 3.63) is 29.6 Å². The Morgan fingerprint density at radius 2 is 2.25 bits per heavy atom. The Hall–Kier alpha value is -1.91. The van der Waals surface area contributed by atoms with Crippen LogP contribution in [-0.2, 0) is 22.6 Å². The third kappa shape index (κ3) is 3.68. The number of aliphatic carboxylic acids is 1. The molecule has 16 heavy (non-hydrogen) atoms. The van der Waals surface area contributed by atoms with Crippen molar-refractivity contribution in [1.29, 1.82) is 0 Å². The van der Waals surface area contributed by atoms with Gasteiger partial charge in [0.1, 0.15) is 6.42 Å². The van der Waals surface area contributed by atoms with Gasteiger partial charge in [-0.25, -0.2) is 0 Å². The van der Waals surface area contributed by atoms with E-state index >= 15 is 0 Å². The van der Waals surface area contributed by atoms with Crippen LogP contribution < -0.4 is 5.32 Å². The van der Waals surface area contributed by atoms with Crippen molar-refractivity contribution in [2.75, 3.05) is 0 Å². The van der Waals surface area contributed by atoms with Crippen LogP contribution in [0, 0.1) is 0 Å². The van der Waals surface area contributed by atoms with Crippen LogP contribution in [0.3, 0.4) is 0 Å². The zero-order valence-corrected chi connectivity index (χ0v) is 9.06. The van der Waals surface area contributed by atoms with Gasteiger partial charge in [0.05, 0.1) is 12.2 Å². The number of rotatable bonds is 5. The molecule has 5 nitrogen and oxygen atoms in total. The summed E-state index contributed by atoms with van der Waals surface area (Å²) in [7, 11) is 0. The molecule has 1 rings (SSSR count). The summed E-state index contributed by atoms with van der Waals surface area (Å²) in [6, 6.07) is 3.77. The van der Waals surface area contributed by atoms with E-state index in [0.717, 1.165) is 17.7 Å². The van der Waals surface area contributed by atoms with Crippen LogP contribution in [0.4, 0.5) is 0 Å². The Morgan fingerprint density at radius 1 is 1.50 bits per heavy atom. The van der Waals surface area contributed by atoms with Crippen LogP contribution in [-0.4, -0.2) is 22.0 Å². The highest BCUT2D eigenvalue weighted by atomic mass is 16.4. The number of nitrogens with one attached hydrogen (secondary N) is 1. The highest BCUT2D eigenvalue weighted by Crippen LogP contribution is 2.05. The number of carbonyl (C=O) groups is 2. The summed E-state index contributed by atoms with van der Waals surface area (Å²) in [6.45, 7) is 2.27. The van der Waals surface area contributed by atoms with Crippen molar-refractivity contribution in [3.63, 3.8) is 0 Å². The molecule has 0 radical (unpaired) electrons. The van der Waals surface area contributed by atoms with Gasteiger partial charge in [-0.3, -0.25) is 14.6 Å². The largest absolute Gasteiger partial charge is 0.481 e. The SMILES string of the molecule is CCc1cccnc1CNC(=O)CC(=O)O. The van der Waals surface area contributed by atoms with E-state index in [9.17, 15) is 9.59 Å². The van der Waals surface area contributed by atoms with E-state index in [1.54, 1.807) is 6.20 Å². The maximum Gasteiger partial charge on any atom is 0.312 e. The van der Waals surface area contributed by atoms with Gasteiger partial charge in [-0.1, -0.05) is 13.0 Å². The lowest BCUT2D eigenvalue weighted by Gasteiger charge is -2.07. The Kier molecular flexibility index (Phi) is 4.44. The van der Waals surface area contributed by atoms with Crippen molar-refractivity contribution in [2.45, 2.75) is 26.3 Å². The van der Waals surface area contributed by atoms with Crippen LogP contribution in [0.15, 0.2) is 18.3 Å². The molecular formula is C11H14N2O3. The van der Waals surface area contributed by atoms with Gasteiger partial charge in [-0.05, 0) is 18.1 Å². The molecule has 1 aromatic heterocycles. The molecule has 0 unspecified atom stereocenters. The van der Waals surface area contributed by atoms with Gasteiger partial charge in [-0.2, -0.15) is 0 Å². The number of carboxylic acid groups (broad SMARTS) is 1. The minimum absolute atomic E-state index is 0.274. The molecule has 1 aromatic rings. The third-order valence-corrected chi connectivity index (χ3v) is 2.13. The second-order valence-corrected chi connectivity index (χ2v) is 3.31. The van der Waals surface area contributed by atoms with E-state index in [4.69, 9.17) is 5.11 Å². The van der Waals surface area contributed by atoms with Crippen molar-refractivity contribution in [1.82, 2.24) is 10.3 Å². The average molecular weight is 222 g/mol. The first-order valence-corrected chi connectivity index (χ1v) is 5.04. The van der Waals surface area contributed by atoms with Gasteiger partial charge >= 0.3 is 5.97 Å². The number of carbonyl (C=O) groups excluding carboxylic acids is 1. The molecular weight excluding hydrogens is 208 g/mol. The summed E-state index contributed by atoms with van der Waals surface area (Å²) < 4.78 is 0. The number of hydrogen-bond acceptors (Lipinski definition) is 3. The summed E-state index contributed by atoms with van der Waals surface area (Å²) in [5.74, 6) is -1.63. The predicted octanol–water partition coefficient (Wildman–Crippen LogP) is 0.735. The fourth-order valence-electron chi connectivity index (χ4n) is 1.33. The number of carboxylic acids is 1. The van der Waals surface area contributed by atoms with Gasteiger partial charge in [0.25, 0.3) is 0 Å². The molecule has 0 fully saturated rings. The molecule has 0 spiro atoms. The molecule has 0 aliphatic rings. The van der Waals surface area contributed by atoms with Gasteiger partial charge in [-0.15, -0.1) is 0 Å². The van der Waals surface area contributed by atoms with E-state index in [1.807, 2.05) is 19.1 Å². The first-order valence-electron chi connectivity index (χ1n) is 5.04. The minimum Gasteiger partial charge on any atom is -0.481 e. The second kappa shape index (κ2) is 5.85. The van der Waals surface area contributed by atoms with Crippen molar-refractivity contribution in [3.8, 4) is 0 Å². The number of aryl methyl sites for hydroxylation is 1. The fraction of sp³-hybridized carbons (Fsp3) is 0.364. The molecule has 0 saturated heterocycles. The first kappa shape index (κ1) is 12.2. The fourth-order valence-corrected chi connectivity index (χ4v) is 1.33. The molecule has 0 saturated carbocycles. The normalized spacial score (nSPS) is 9.81. The maximum absolute atomic E-state index is 11.1. The number of pyridine rings is 1. The summed E-state index contributed by atoms with van der Waals surface area (Å²) in [5, 5.41) is 10.9. The molecule has 5 heteroatoms. The highest BCUT2D eigenvalue weighted by Gasteiger charge is 2.08. The van der Waals surface area contributed by atoms with Gasteiger partial charge in [0.15, 0.2) is 0 Å². The molecule has 0 atom stereocenters. The molecule has 2 N–H and O–H groups in total. The van der Waals surface area contributed by atoms with Crippen LogP contribution in [0.1, 0.15) is 24.6 Å². The van der Waals surface area contributed by atoms with Gasteiger partial charge in [0.2, 0.25) is 5.91 Å². The van der Waals surface area contributed by atoms with E-state index in [1.165, 1.54) is 0 Å². The van der Waals surface area contributed by atoms with E-state index in [2.05, 4.69) is 10.3 Å². The van der Waals surface area contributed by atoms with Crippen molar-refractivity contribution >= 4 is 11.9 Å². The number of amides is 1. The zero-order valence-electron chi connectivity index (χ0n) is 9.06. The lowest BCUT2D eigenvalue weighted by molar-refractivity contribution is -0.140. The number of nitrogens with zero attached hydrogens (tertiary/aromatic N) is 1. The molecule has 0 aliphatic carbocycles. The Labute approximate surface area is 93.5 Å². The van der Waals surface area contributed by atoms with E-state index in [-0.39, 0.29) is 6.54 Å². The molecule has 0 aliphatic heterocycles. The summed E-state index contributed by atoms with van der Waals surface area (Å²) in [6.07, 6.45) is 1.98. The van der Waals surface area contributed by atoms with Crippen molar-refractivity contribution in [2.24, 2.45) is 0 Å². The molecule has 1 heterocycles. The molecule has 86 valence electrons. The van der Waals surface area contributed by atoms with E-state index in [0.29, 0.717) is 0 Å². The van der Waals surface area contributed by atoms with Crippen LogP contribution in [0.25, 0.3) is 0 Å². The molecule has 0 bridgehead atoms. The molecule has 0 aromatic carbocycles. The average Bonchev–Trinajstić information content (AvgIpc) is 2.26. The number of hydrogen-bond donors (Lipinski definition) is 2. The topological polar surface area (TPSA) is 79.3 Å². The second-order valence-electron chi connectivity index (χ2n) is 3.31. The third-order valence-electron chi connectivity index (χ3n) is 2.13. The summed E-state index contributed by atoms with van der Waals surface area (Å²) in [5.41, 5.74) is 1.84. The van der Waals surface area contributed by atoms with Gasteiger partial charge < -0.3 is 10.4 Å². The monoisotopic (exact) mass is 222 g/mol. The van der Waals surface area contributed by atoms with Crippen LogP contribution in [0.2, 0.25) is 0 Å². The Morgan fingerprint density at radius 3 is 2.88 bits per heavy atom. The zero-order chi connectivity index (χ0) is 12.0. The summed E-state index contributed by atoms with van der Waals surface area (Å²) >= 11 is 0. The predicted molar refractivity (Wildman–Crippen MR) is 57.7 cm³/mol. The lowest BCUT2D eigenvalue weighted by Crippen LogP contribution is -2.26. The molecule has 1 amide bonds. The quantitative estimate of drug-likeness (QED) is 0.720. The maximum atomic E-state index is 11.1. The smallest absolute Gasteiger partial charge is 0.312 e. The Balaban J connectivity index is 2.54. The first-order chi connectivity index (χ1) is 7.63. The highest BCUT2D eigenvalue weighted by molar-refractivity contribution is 5.93. The van der Waals surface area contributed by atoms with E-state index < -0.39 is 18.3 Å². The van der Waals surface area contributed by atoms with Gasteiger partial charge in [0, 0.05) is 6.20 Å². The van der Waals surface area contributed by atoms with Crippen molar-refractivity contribution < 1.29 is 14.7 Å². The lowest BCUT2D eigenvalue weighted by atomic mass is 10.1. The standard InChI is InChI=1S/C11H14N2O3/c1-2-8-4-3-5-12-9(8)7-13-10(14)6-11(15)16/h3-5H,2,6-7H2,1H3,(H,13,14)(H,15,16). The minimum atomic E-state index is -1.13. The Bertz CT molecular complexity index is 391.